The molecule has 1 amide bonds. The highest BCUT2D eigenvalue weighted by atomic mass is 35.5. The van der Waals surface area contributed by atoms with Gasteiger partial charge in [0.1, 0.15) is 10.9 Å². The number of halogens is 6. The zero-order chi connectivity index (χ0) is 26.5. The lowest BCUT2D eigenvalue weighted by Crippen LogP contribution is -2.34. The summed E-state index contributed by atoms with van der Waals surface area (Å²) in [4.78, 5) is 19.0. The number of rotatable bonds is 9. The van der Waals surface area contributed by atoms with Crippen molar-refractivity contribution in [3.05, 3.63) is 88.2 Å². The van der Waals surface area contributed by atoms with E-state index in [1.807, 2.05) is 12.1 Å². The van der Waals surface area contributed by atoms with E-state index in [4.69, 9.17) is 16.3 Å². The molecule has 0 unspecified atom stereocenters. The first-order valence-corrected chi connectivity index (χ1v) is 11.1. The molecule has 1 heterocycles. The van der Waals surface area contributed by atoms with Gasteiger partial charge in [0.15, 0.2) is 5.69 Å². The zero-order valence-corrected chi connectivity index (χ0v) is 20.1. The second-order valence-electron chi connectivity index (χ2n) is 7.88. The number of alkyl halides is 5. The maximum absolute atomic E-state index is 13.7. The SMILES string of the molecule is CNc1ccc(Cl)nc1C(=O)N(CCc1cccc(OC)c1)Cc1ccc(C(F)(F)C(F)(F)F)cc1. The van der Waals surface area contributed by atoms with Crippen LogP contribution >= 0.6 is 11.6 Å². The monoisotopic (exact) mass is 527 g/mol. The maximum Gasteiger partial charge on any atom is 0.458 e. The van der Waals surface area contributed by atoms with Gasteiger partial charge in [-0.25, -0.2) is 4.98 Å². The molecule has 192 valence electrons. The number of benzene rings is 2. The summed E-state index contributed by atoms with van der Waals surface area (Å²) in [6.45, 7) is 0.141. The fraction of sp³-hybridized carbons (Fsp3) is 0.280. The van der Waals surface area contributed by atoms with Crippen LogP contribution < -0.4 is 10.1 Å². The maximum atomic E-state index is 13.7. The van der Waals surface area contributed by atoms with Crippen LogP contribution in [0.15, 0.2) is 60.7 Å². The molecule has 3 rings (SSSR count). The zero-order valence-electron chi connectivity index (χ0n) is 19.4. The molecule has 5 nitrogen and oxygen atoms in total. The van der Waals surface area contributed by atoms with Gasteiger partial charge in [0.2, 0.25) is 0 Å². The molecule has 0 atom stereocenters. The number of carbonyl (C=O) groups excluding carboxylic acids is 1. The third-order valence-corrected chi connectivity index (χ3v) is 5.68. The summed E-state index contributed by atoms with van der Waals surface area (Å²) >= 11 is 6.00. The highest BCUT2D eigenvalue weighted by Gasteiger charge is 2.58. The first kappa shape index (κ1) is 27.2. The number of hydrogen-bond donors (Lipinski definition) is 1. The Morgan fingerprint density at radius 1 is 1.03 bits per heavy atom. The summed E-state index contributed by atoms with van der Waals surface area (Å²) in [5.41, 5.74) is 0.540. The van der Waals surface area contributed by atoms with Gasteiger partial charge in [0.05, 0.1) is 12.8 Å². The lowest BCUT2D eigenvalue weighted by Gasteiger charge is -2.24. The Bertz CT molecular complexity index is 1200. The predicted octanol–water partition coefficient (Wildman–Crippen LogP) is 6.32. The Labute approximate surface area is 209 Å². The molecule has 0 aliphatic rings. The number of amides is 1. The van der Waals surface area contributed by atoms with Gasteiger partial charge in [-0.15, -0.1) is 0 Å². The van der Waals surface area contributed by atoms with E-state index in [-0.39, 0.29) is 23.9 Å². The van der Waals surface area contributed by atoms with E-state index in [0.717, 1.165) is 17.7 Å². The number of aromatic nitrogens is 1. The summed E-state index contributed by atoms with van der Waals surface area (Å²) in [6.07, 6.45) is -5.29. The smallest absolute Gasteiger partial charge is 0.458 e. The highest BCUT2D eigenvalue weighted by Crippen LogP contribution is 2.43. The van der Waals surface area contributed by atoms with Crippen LogP contribution in [0, 0.1) is 0 Å². The van der Waals surface area contributed by atoms with Crippen molar-refractivity contribution in [2.45, 2.75) is 25.1 Å². The van der Waals surface area contributed by atoms with Gasteiger partial charge in [-0.3, -0.25) is 4.79 Å². The molecule has 3 aromatic rings. The van der Waals surface area contributed by atoms with Crippen LogP contribution in [-0.4, -0.2) is 42.7 Å². The van der Waals surface area contributed by atoms with E-state index < -0.39 is 23.6 Å². The average Bonchev–Trinajstić information content (AvgIpc) is 2.85. The number of anilines is 1. The Balaban J connectivity index is 1.90. The number of nitrogens with zero attached hydrogens (tertiary/aromatic N) is 2. The fourth-order valence-electron chi connectivity index (χ4n) is 3.50. The molecular weight excluding hydrogens is 505 g/mol. The Hall–Kier alpha value is -3.40. The molecule has 1 N–H and O–H groups in total. The quantitative estimate of drug-likeness (QED) is 0.261. The average molecular weight is 528 g/mol. The Morgan fingerprint density at radius 3 is 2.33 bits per heavy atom. The van der Waals surface area contributed by atoms with Crippen LogP contribution in [-0.2, 0) is 18.9 Å². The van der Waals surface area contributed by atoms with Crippen molar-refractivity contribution >= 4 is 23.2 Å². The number of pyridine rings is 1. The van der Waals surface area contributed by atoms with Crippen LogP contribution in [0.4, 0.5) is 27.6 Å². The van der Waals surface area contributed by atoms with E-state index in [0.29, 0.717) is 35.6 Å². The number of hydrogen-bond acceptors (Lipinski definition) is 4. The van der Waals surface area contributed by atoms with Gasteiger partial charge in [0.25, 0.3) is 5.91 Å². The normalized spacial score (nSPS) is 11.8. The van der Waals surface area contributed by atoms with Crippen molar-refractivity contribution in [3.63, 3.8) is 0 Å². The minimum atomic E-state index is -5.71. The van der Waals surface area contributed by atoms with Gasteiger partial charge >= 0.3 is 12.1 Å². The predicted molar refractivity (Wildman–Crippen MR) is 127 cm³/mol. The standard InChI is InChI=1S/C25H23ClF5N3O2/c1-32-20-10-11-21(26)33-22(20)23(35)34(13-12-16-4-3-5-19(14-16)36-2)15-17-6-8-18(9-7-17)24(27,28)25(29,30)31/h3-11,14,32H,12-13,15H2,1-2H3. The molecule has 1 aromatic heterocycles. The number of carbonyl (C=O) groups is 1. The molecule has 2 aromatic carbocycles. The van der Waals surface area contributed by atoms with Gasteiger partial charge in [-0.2, -0.15) is 22.0 Å². The molecular formula is C25H23ClF5N3O2. The van der Waals surface area contributed by atoms with Crippen LogP contribution in [0.2, 0.25) is 5.15 Å². The Kier molecular flexibility index (Phi) is 8.39. The third kappa shape index (κ3) is 6.23. The summed E-state index contributed by atoms with van der Waals surface area (Å²) in [6, 6.07) is 14.1. The summed E-state index contributed by atoms with van der Waals surface area (Å²) < 4.78 is 70.7. The summed E-state index contributed by atoms with van der Waals surface area (Å²) in [5, 5.41) is 2.98. The number of ether oxygens (including phenoxy) is 1. The number of methoxy groups -OCH3 is 1. The molecule has 11 heteroatoms. The molecule has 36 heavy (non-hydrogen) atoms. The molecule has 0 spiro atoms. The van der Waals surface area contributed by atoms with Crippen molar-refractivity contribution in [1.29, 1.82) is 0 Å². The van der Waals surface area contributed by atoms with Gasteiger partial charge in [-0.05, 0) is 41.8 Å². The first-order valence-electron chi connectivity index (χ1n) is 10.8. The van der Waals surface area contributed by atoms with Crippen LogP contribution in [0.25, 0.3) is 0 Å². The first-order chi connectivity index (χ1) is 17.0. The second kappa shape index (κ2) is 11.1. The van der Waals surface area contributed by atoms with Crippen molar-refractivity contribution in [1.82, 2.24) is 9.88 Å². The van der Waals surface area contributed by atoms with Gasteiger partial charge in [-0.1, -0.05) is 48.0 Å². The van der Waals surface area contributed by atoms with Crippen LogP contribution in [0.5, 0.6) is 5.75 Å². The second-order valence-corrected chi connectivity index (χ2v) is 8.26. The third-order valence-electron chi connectivity index (χ3n) is 5.47. The fourth-order valence-corrected chi connectivity index (χ4v) is 3.65. The van der Waals surface area contributed by atoms with Crippen LogP contribution in [0.1, 0.15) is 27.2 Å². The van der Waals surface area contributed by atoms with E-state index in [9.17, 15) is 26.7 Å². The molecule has 0 aliphatic heterocycles. The lowest BCUT2D eigenvalue weighted by atomic mass is 10.0. The molecule has 0 aliphatic carbocycles. The van der Waals surface area contributed by atoms with Crippen molar-refractivity contribution < 1.29 is 31.5 Å². The highest BCUT2D eigenvalue weighted by molar-refractivity contribution is 6.29. The summed E-state index contributed by atoms with van der Waals surface area (Å²) in [5.74, 6) is -4.84. The molecule has 0 saturated heterocycles. The molecule has 0 saturated carbocycles. The minimum absolute atomic E-state index is 0.0517. The van der Waals surface area contributed by atoms with Gasteiger partial charge in [0, 0.05) is 25.7 Å². The number of nitrogens with one attached hydrogen (secondary N) is 1. The van der Waals surface area contributed by atoms with Gasteiger partial charge < -0.3 is 15.0 Å². The Morgan fingerprint density at radius 2 is 1.72 bits per heavy atom. The summed E-state index contributed by atoms with van der Waals surface area (Å²) in [7, 11) is 3.15. The van der Waals surface area contributed by atoms with Crippen LogP contribution in [0.3, 0.4) is 0 Å². The van der Waals surface area contributed by atoms with E-state index >= 15 is 0 Å². The minimum Gasteiger partial charge on any atom is -0.497 e. The van der Waals surface area contributed by atoms with Crippen molar-refractivity contribution in [3.8, 4) is 5.75 Å². The molecule has 0 fully saturated rings. The van der Waals surface area contributed by atoms with E-state index in [1.165, 1.54) is 18.1 Å². The topological polar surface area (TPSA) is 54.5 Å². The van der Waals surface area contributed by atoms with E-state index in [1.54, 1.807) is 25.2 Å². The molecule has 0 radical (unpaired) electrons. The van der Waals surface area contributed by atoms with Crippen molar-refractivity contribution in [2.75, 3.05) is 26.0 Å². The van der Waals surface area contributed by atoms with E-state index in [2.05, 4.69) is 10.3 Å². The lowest BCUT2D eigenvalue weighted by molar-refractivity contribution is -0.289. The molecule has 0 bridgehead atoms. The van der Waals surface area contributed by atoms with Crippen molar-refractivity contribution in [2.24, 2.45) is 0 Å². The largest absolute Gasteiger partial charge is 0.497 e.